The maximum Gasteiger partial charge on any atom is 0.228 e. The van der Waals surface area contributed by atoms with E-state index in [1.807, 2.05) is 31.3 Å². The van der Waals surface area contributed by atoms with Gasteiger partial charge in [0.2, 0.25) is 5.91 Å². The molecule has 0 bridgehead atoms. The SMILES string of the molecule is Cn1ncc(-c2nc3ccccc3[nH]2)c1NC(=O)C1CC/C=C\CCC1. The highest BCUT2D eigenvalue weighted by atomic mass is 16.2. The minimum Gasteiger partial charge on any atom is -0.338 e. The van der Waals surface area contributed by atoms with Gasteiger partial charge in [-0.15, -0.1) is 0 Å². The Morgan fingerprint density at radius 1 is 1.23 bits per heavy atom. The van der Waals surface area contributed by atoms with Gasteiger partial charge in [0.15, 0.2) is 0 Å². The molecule has 6 heteroatoms. The maximum atomic E-state index is 12.8. The predicted octanol–water partition coefficient (Wildman–Crippen LogP) is 4.04. The van der Waals surface area contributed by atoms with E-state index in [2.05, 4.69) is 32.5 Å². The number of carbonyl (C=O) groups is 1. The predicted molar refractivity (Wildman–Crippen MR) is 103 cm³/mol. The number of carbonyl (C=O) groups excluding carboxylic acids is 1. The Morgan fingerprint density at radius 2 is 2.08 bits per heavy atom. The minimum absolute atomic E-state index is 0.0402. The molecule has 1 aromatic carbocycles. The summed E-state index contributed by atoms with van der Waals surface area (Å²) >= 11 is 0. The van der Waals surface area contributed by atoms with Crippen LogP contribution in [-0.2, 0) is 11.8 Å². The summed E-state index contributed by atoms with van der Waals surface area (Å²) in [5.41, 5.74) is 2.67. The number of H-pyrrole nitrogens is 1. The van der Waals surface area contributed by atoms with Gasteiger partial charge in [0.25, 0.3) is 0 Å². The van der Waals surface area contributed by atoms with Crippen molar-refractivity contribution in [1.82, 2.24) is 19.7 Å². The summed E-state index contributed by atoms with van der Waals surface area (Å²) in [4.78, 5) is 20.8. The molecule has 2 heterocycles. The first-order chi connectivity index (χ1) is 12.7. The Bertz CT molecular complexity index is 919. The second-order valence-corrected chi connectivity index (χ2v) is 6.80. The maximum absolute atomic E-state index is 12.8. The van der Waals surface area contributed by atoms with Gasteiger partial charge in [-0.2, -0.15) is 5.10 Å². The lowest BCUT2D eigenvalue weighted by Gasteiger charge is -2.17. The van der Waals surface area contributed by atoms with Crippen molar-refractivity contribution in [1.29, 1.82) is 0 Å². The molecule has 1 aliphatic carbocycles. The Morgan fingerprint density at radius 3 is 2.96 bits per heavy atom. The number of allylic oxidation sites excluding steroid dienone is 2. The molecular formula is C20H23N5O. The molecule has 1 unspecified atom stereocenters. The number of amides is 1. The van der Waals surface area contributed by atoms with E-state index in [1.165, 1.54) is 0 Å². The van der Waals surface area contributed by atoms with Crippen molar-refractivity contribution in [3.05, 3.63) is 42.6 Å². The number of nitrogens with zero attached hydrogens (tertiary/aromatic N) is 3. The number of aromatic nitrogens is 4. The fraction of sp³-hybridized carbons (Fsp3) is 0.350. The van der Waals surface area contributed by atoms with Gasteiger partial charge in [0.05, 0.1) is 22.8 Å². The van der Waals surface area contributed by atoms with Gasteiger partial charge in [0, 0.05) is 13.0 Å². The third kappa shape index (κ3) is 3.27. The number of hydrogen-bond donors (Lipinski definition) is 2. The summed E-state index contributed by atoms with van der Waals surface area (Å²) in [5, 5.41) is 7.42. The van der Waals surface area contributed by atoms with Crippen LogP contribution < -0.4 is 5.32 Å². The van der Waals surface area contributed by atoms with E-state index >= 15 is 0 Å². The van der Waals surface area contributed by atoms with Crippen LogP contribution in [-0.4, -0.2) is 25.7 Å². The molecule has 3 aromatic rings. The third-order valence-electron chi connectivity index (χ3n) is 4.97. The van der Waals surface area contributed by atoms with Crippen molar-refractivity contribution in [2.45, 2.75) is 32.1 Å². The molecule has 26 heavy (non-hydrogen) atoms. The number of hydrogen-bond acceptors (Lipinski definition) is 3. The highest BCUT2D eigenvalue weighted by Crippen LogP contribution is 2.28. The first-order valence-corrected chi connectivity index (χ1v) is 9.15. The molecule has 2 N–H and O–H groups in total. The molecular weight excluding hydrogens is 326 g/mol. The van der Waals surface area contributed by atoms with Crippen LogP contribution in [0.15, 0.2) is 42.6 Å². The number of nitrogens with one attached hydrogen (secondary N) is 2. The van der Waals surface area contributed by atoms with Crippen LogP contribution in [0.2, 0.25) is 0 Å². The van der Waals surface area contributed by atoms with Crippen molar-refractivity contribution in [2.75, 3.05) is 5.32 Å². The van der Waals surface area contributed by atoms with Gasteiger partial charge in [-0.3, -0.25) is 9.48 Å². The fourth-order valence-corrected chi connectivity index (χ4v) is 3.48. The number of imidazole rings is 1. The number of benzene rings is 1. The summed E-state index contributed by atoms with van der Waals surface area (Å²) in [6.45, 7) is 0. The Kier molecular flexibility index (Phi) is 4.56. The van der Waals surface area contributed by atoms with Crippen LogP contribution >= 0.6 is 0 Å². The summed E-state index contributed by atoms with van der Waals surface area (Å²) in [6, 6.07) is 7.88. The molecule has 0 saturated heterocycles. The molecule has 4 rings (SSSR count). The zero-order chi connectivity index (χ0) is 17.9. The van der Waals surface area contributed by atoms with Gasteiger partial charge in [-0.05, 0) is 44.2 Å². The van der Waals surface area contributed by atoms with E-state index in [4.69, 9.17) is 0 Å². The van der Waals surface area contributed by atoms with E-state index in [9.17, 15) is 4.79 Å². The molecule has 0 spiro atoms. The molecule has 0 fully saturated rings. The van der Waals surface area contributed by atoms with Gasteiger partial charge < -0.3 is 10.3 Å². The third-order valence-corrected chi connectivity index (χ3v) is 4.97. The van der Waals surface area contributed by atoms with Crippen LogP contribution in [0.3, 0.4) is 0 Å². The highest BCUT2D eigenvalue weighted by Gasteiger charge is 2.22. The molecule has 0 radical (unpaired) electrons. The summed E-state index contributed by atoms with van der Waals surface area (Å²) in [7, 11) is 1.84. The van der Waals surface area contributed by atoms with E-state index in [-0.39, 0.29) is 11.8 Å². The minimum atomic E-state index is 0.0402. The first kappa shape index (κ1) is 16.6. The summed E-state index contributed by atoms with van der Waals surface area (Å²) in [5.74, 6) is 1.52. The van der Waals surface area contributed by atoms with Crippen LogP contribution in [0.5, 0.6) is 0 Å². The van der Waals surface area contributed by atoms with Gasteiger partial charge in [-0.25, -0.2) is 4.98 Å². The molecule has 134 valence electrons. The second-order valence-electron chi connectivity index (χ2n) is 6.80. The van der Waals surface area contributed by atoms with Crippen molar-refractivity contribution in [3.63, 3.8) is 0 Å². The van der Waals surface area contributed by atoms with Crippen molar-refractivity contribution < 1.29 is 4.79 Å². The summed E-state index contributed by atoms with van der Waals surface area (Å²) in [6.07, 6.45) is 11.0. The molecule has 0 aliphatic heterocycles. The number of aryl methyl sites for hydroxylation is 1. The molecule has 1 amide bonds. The number of rotatable bonds is 3. The largest absolute Gasteiger partial charge is 0.338 e. The molecule has 0 saturated carbocycles. The summed E-state index contributed by atoms with van der Waals surface area (Å²) < 4.78 is 1.70. The van der Waals surface area contributed by atoms with Gasteiger partial charge in [0.1, 0.15) is 11.6 Å². The van der Waals surface area contributed by atoms with Gasteiger partial charge >= 0.3 is 0 Å². The smallest absolute Gasteiger partial charge is 0.228 e. The van der Waals surface area contributed by atoms with Crippen molar-refractivity contribution in [2.24, 2.45) is 13.0 Å². The number of anilines is 1. The standard InChI is InChI=1S/C20H23N5O/c1-25-19(24-20(26)14-9-5-3-2-4-6-10-14)15(13-21-25)18-22-16-11-7-8-12-17(16)23-18/h2-3,7-8,11-14H,4-6,9-10H2,1H3,(H,22,23)(H,24,26)/b3-2-. The van der Waals surface area contributed by atoms with Crippen molar-refractivity contribution >= 4 is 22.8 Å². The fourth-order valence-electron chi connectivity index (χ4n) is 3.48. The zero-order valence-electron chi connectivity index (χ0n) is 14.9. The molecule has 1 aliphatic rings. The average Bonchev–Trinajstić information content (AvgIpc) is 3.18. The Balaban J connectivity index is 1.60. The normalized spacial score (nSPS) is 19.0. The van der Waals surface area contributed by atoms with Crippen LogP contribution in [0, 0.1) is 5.92 Å². The van der Waals surface area contributed by atoms with E-state index in [0.29, 0.717) is 5.82 Å². The monoisotopic (exact) mass is 349 g/mol. The molecule has 1 atom stereocenters. The lowest BCUT2D eigenvalue weighted by molar-refractivity contribution is -0.120. The molecule has 2 aromatic heterocycles. The average molecular weight is 349 g/mol. The first-order valence-electron chi connectivity index (χ1n) is 9.15. The van der Waals surface area contributed by atoms with E-state index in [1.54, 1.807) is 10.9 Å². The lowest BCUT2D eigenvalue weighted by atomic mass is 9.93. The second kappa shape index (κ2) is 7.15. The zero-order valence-corrected chi connectivity index (χ0v) is 14.9. The molecule has 6 nitrogen and oxygen atoms in total. The number of aromatic amines is 1. The van der Waals surface area contributed by atoms with Crippen LogP contribution in [0.25, 0.3) is 22.4 Å². The van der Waals surface area contributed by atoms with E-state index < -0.39 is 0 Å². The van der Waals surface area contributed by atoms with E-state index in [0.717, 1.165) is 54.5 Å². The topological polar surface area (TPSA) is 75.6 Å². The van der Waals surface area contributed by atoms with Crippen molar-refractivity contribution in [3.8, 4) is 11.4 Å². The highest BCUT2D eigenvalue weighted by molar-refractivity contribution is 5.95. The van der Waals surface area contributed by atoms with Crippen LogP contribution in [0.4, 0.5) is 5.82 Å². The number of para-hydroxylation sites is 2. The number of fused-ring (bicyclic) bond motifs is 1. The Labute approximate surface area is 152 Å². The Hall–Kier alpha value is -2.89. The lowest BCUT2D eigenvalue weighted by Crippen LogP contribution is -2.24. The van der Waals surface area contributed by atoms with Gasteiger partial charge in [-0.1, -0.05) is 24.3 Å². The van der Waals surface area contributed by atoms with Crippen LogP contribution in [0.1, 0.15) is 32.1 Å². The quantitative estimate of drug-likeness (QED) is 0.701.